The van der Waals surface area contributed by atoms with Crippen LogP contribution in [0.1, 0.15) is 81.8 Å². The van der Waals surface area contributed by atoms with Gasteiger partial charge in [-0.2, -0.15) is 5.26 Å². The van der Waals surface area contributed by atoms with Gasteiger partial charge in [-0.1, -0.05) is 19.3 Å². The van der Waals surface area contributed by atoms with Crippen LogP contribution in [0.4, 0.5) is 0 Å². The van der Waals surface area contributed by atoms with E-state index < -0.39 is 0 Å². The number of nitrogens with zero attached hydrogens (tertiary/aromatic N) is 3. The first kappa shape index (κ1) is 22.1. The van der Waals surface area contributed by atoms with Crippen LogP contribution in [0.25, 0.3) is 0 Å². The van der Waals surface area contributed by atoms with E-state index in [4.69, 9.17) is 14.5 Å². The second-order valence-corrected chi connectivity index (χ2v) is 9.22. The smallest absolute Gasteiger partial charge is 0.161 e. The van der Waals surface area contributed by atoms with Gasteiger partial charge in [0.2, 0.25) is 0 Å². The van der Waals surface area contributed by atoms with Crippen molar-refractivity contribution in [1.29, 1.82) is 5.26 Å². The van der Waals surface area contributed by atoms with Crippen LogP contribution in [0.15, 0.2) is 17.1 Å². The molecule has 0 spiro atoms. The Labute approximate surface area is 187 Å². The predicted molar refractivity (Wildman–Crippen MR) is 124 cm³/mol. The highest BCUT2D eigenvalue weighted by molar-refractivity contribution is 6.06. The molecule has 5 heteroatoms. The average Bonchev–Trinajstić information content (AvgIpc) is 2.82. The Morgan fingerprint density at radius 2 is 1.94 bits per heavy atom. The SMILES string of the molecule is CCOc1cc2c(cc1OC)C(C(C#N)CCCN1CCCCC1)=NC1CCCCC21. The third-order valence-electron chi connectivity index (χ3n) is 7.25. The molecule has 2 fully saturated rings. The number of hydrogen-bond donors (Lipinski definition) is 0. The number of benzene rings is 1. The molecule has 3 aliphatic rings. The molecule has 0 radical (unpaired) electrons. The normalized spacial score (nSPS) is 24.4. The lowest BCUT2D eigenvalue weighted by Gasteiger charge is -2.36. The molecule has 2 aliphatic heterocycles. The van der Waals surface area contributed by atoms with Crippen LogP contribution in [-0.4, -0.2) is 50.0 Å². The second kappa shape index (κ2) is 10.5. The maximum absolute atomic E-state index is 10.1. The summed E-state index contributed by atoms with van der Waals surface area (Å²) in [5, 5.41) is 10.1. The topological polar surface area (TPSA) is 57.9 Å². The van der Waals surface area contributed by atoms with E-state index >= 15 is 0 Å². The van der Waals surface area contributed by atoms with Crippen molar-refractivity contribution in [3.05, 3.63) is 23.3 Å². The zero-order valence-corrected chi connectivity index (χ0v) is 19.2. The maximum atomic E-state index is 10.1. The van der Waals surface area contributed by atoms with Crippen molar-refractivity contribution in [3.8, 4) is 17.6 Å². The van der Waals surface area contributed by atoms with Crippen molar-refractivity contribution in [2.75, 3.05) is 33.4 Å². The summed E-state index contributed by atoms with van der Waals surface area (Å²) >= 11 is 0. The molecule has 3 atom stereocenters. The third-order valence-corrected chi connectivity index (χ3v) is 7.25. The molecule has 0 aromatic heterocycles. The predicted octanol–water partition coefficient (Wildman–Crippen LogP) is 5.33. The van der Waals surface area contributed by atoms with E-state index in [0.717, 1.165) is 48.6 Å². The minimum Gasteiger partial charge on any atom is -0.493 e. The molecule has 1 aromatic rings. The van der Waals surface area contributed by atoms with Gasteiger partial charge in [0.25, 0.3) is 0 Å². The van der Waals surface area contributed by atoms with Crippen LogP contribution in [0.2, 0.25) is 0 Å². The Morgan fingerprint density at radius 3 is 2.68 bits per heavy atom. The summed E-state index contributed by atoms with van der Waals surface area (Å²) in [4.78, 5) is 7.78. The number of aliphatic imine (C=N–C) groups is 1. The standard InChI is InChI=1S/C26H37N3O2/c1-3-31-25-16-21-20-11-5-6-12-23(20)28-26(22(21)17-24(25)30-2)19(18-27)10-9-15-29-13-7-4-8-14-29/h16-17,19-20,23H,3-15H2,1-2H3. The second-order valence-electron chi connectivity index (χ2n) is 9.22. The lowest BCUT2D eigenvalue weighted by Crippen LogP contribution is -2.33. The zero-order chi connectivity index (χ0) is 21.6. The van der Waals surface area contributed by atoms with Crippen LogP contribution in [0.3, 0.4) is 0 Å². The first-order valence-corrected chi connectivity index (χ1v) is 12.3. The molecule has 1 aliphatic carbocycles. The molecule has 1 aromatic carbocycles. The van der Waals surface area contributed by atoms with Gasteiger partial charge in [0.05, 0.1) is 37.5 Å². The van der Waals surface area contributed by atoms with Crippen LogP contribution in [0.5, 0.6) is 11.5 Å². The van der Waals surface area contributed by atoms with Crippen molar-refractivity contribution < 1.29 is 9.47 Å². The van der Waals surface area contributed by atoms with Gasteiger partial charge >= 0.3 is 0 Å². The van der Waals surface area contributed by atoms with Crippen LogP contribution >= 0.6 is 0 Å². The Bertz CT molecular complexity index is 823. The van der Waals surface area contributed by atoms with Crippen molar-refractivity contribution >= 4 is 5.71 Å². The molecule has 5 nitrogen and oxygen atoms in total. The van der Waals surface area contributed by atoms with Crippen molar-refractivity contribution in [2.45, 2.75) is 76.7 Å². The van der Waals surface area contributed by atoms with Crippen molar-refractivity contribution in [2.24, 2.45) is 10.9 Å². The number of likely N-dealkylation sites (tertiary alicyclic amines) is 1. The lowest BCUT2D eigenvalue weighted by atomic mass is 9.74. The molecule has 1 saturated heterocycles. The first-order valence-electron chi connectivity index (χ1n) is 12.3. The number of ether oxygens (including phenoxy) is 2. The van der Waals surface area contributed by atoms with Gasteiger partial charge in [-0.25, -0.2) is 0 Å². The summed E-state index contributed by atoms with van der Waals surface area (Å²) in [5.74, 6) is 1.83. The zero-order valence-electron chi connectivity index (χ0n) is 19.2. The van der Waals surface area contributed by atoms with E-state index in [1.165, 1.54) is 57.2 Å². The molecule has 0 N–H and O–H groups in total. The fourth-order valence-electron chi connectivity index (χ4n) is 5.65. The van der Waals surface area contributed by atoms with Crippen LogP contribution < -0.4 is 9.47 Å². The number of hydrogen-bond acceptors (Lipinski definition) is 5. The Kier molecular flexibility index (Phi) is 7.50. The fourth-order valence-corrected chi connectivity index (χ4v) is 5.65. The Morgan fingerprint density at radius 1 is 1.13 bits per heavy atom. The number of piperidine rings is 1. The van der Waals surface area contributed by atoms with Gasteiger partial charge in [0.1, 0.15) is 0 Å². The number of methoxy groups -OCH3 is 1. The van der Waals surface area contributed by atoms with Gasteiger partial charge in [-0.3, -0.25) is 4.99 Å². The molecular formula is C26H37N3O2. The van der Waals surface area contributed by atoms with Crippen molar-refractivity contribution in [1.82, 2.24) is 4.90 Å². The maximum Gasteiger partial charge on any atom is 0.161 e. The fraction of sp³-hybridized carbons (Fsp3) is 0.692. The van der Waals surface area contributed by atoms with E-state index in [-0.39, 0.29) is 5.92 Å². The van der Waals surface area contributed by atoms with Crippen LogP contribution in [-0.2, 0) is 0 Å². The molecule has 168 valence electrons. The van der Waals surface area contributed by atoms with Gasteiger partial charge in [-0.05, 0) is 82.8 Å². The summed E-state index contributed by atoms with van der Waals surface area (Å²) in [7, 11) is 1.69. The van der Waals surface area contributed by atoms with Gasteiger partial charge in [0.15, 0.2) is 11.5 Å². The van der Waals surface area contributed by atoms with Gasteiger partial charge in [0, 0.05) is 11.5 Å². The van der Waals surface area contributed by atoms with E-state index in [1.807, 2.05) is 6.92 Å². The summed E-state index contributed by atoms with van der Waals surface area (Å²) in [6.07, 6.45) is 10.7. The molecule has 31 heavy (non-hydrogen) atoms. The minimum atomic E-state index is -0.158. The monoisotopic (exact) mass is 423 g/mol. The Hall–Kier alpha value is -2.06. The lowest BCUT2D eigenvalue weighted by molar-refractivity contribution is 0.224. The number of nitriles is 1. The summed E-state index contributed by atoms with van der Waals surface area (Å²) in [6, 6.07) is 7.17. The van der Waals surface area contributed by atoms with Crippen molar-refractivity contribution in [3.63, 3.8) is 0 Å². The van der Waals surface area contributed by atoms with E-state index in [9.17, 15) is 5.26 Å². The first-order chi connectivity index (χ1) is 15.2. The van der Waals surface area contributed by atoms with E-state index in [2.05, 4.69) is 23.1 Å². The molecule has 2 heterocycles. The molecule has 4 rings (SSSR count). The summed E-state index contributed by atoms with van der Waals surface area (Å²) < 4.78 is 11.5. The third kappa shape index (κ3) is 4.90. The van der Waals surface area contributed by atoms with Crippen LogP contribution in [0, 0.1) is 17.2 Å². The minimum absolute atomic E-state index is 0.158. The van der Waals surface area contributed by atoms with Gasteiger partial charge < -0.3 is 14.4 Å². The average molecular weight is 424 g/mol. The largest absolute Gasteiger partial charge is 0.493 e. The highest BCUT2D eigenvalue weighted by Crippen LogP contribution is 2.45. The quantitative estimate of drug-likeness (QED) is 0.567. The van der Waals surface area contributed by atoms with E-state index in [0.29, 0.717) is 18.6 Å². The summed E-state index contributed by atoms with van der Waals surface area (Å²) in [6.45, 7) is 6.13. The summed E-state index contributed by atoms with van der Waals surface area (Å²) in [5.41, 5.74) is 3.42. The van der Waals surface area contributed by atoms with Gasteiger partial charge in [-0.15, -0.1) is 0 Å². The Balaban J connectivity index is 1.59. The molecule has 3 unspecified atom stereocenters. The highest BCUT2D eigenvalue weighted by Gasteiger charge is 2.36. The molecular weight excluding hydrogens is 386 g/mol. The molecule has 1 saturated carbocycles. The molecule has 0 amide bonds. The number of fused-ring (bicyclic) bond motifs is 3. The van der Waals surface area contributed by atoms with E-state index in [1.54, 1.807) is 7.11 Å². The molecule has 0 bridgehead atoms. The number of rotatable bonds is 8. The highest BCUT2D eigenvalue weighted by atomic mass is 16.5.